The highest BCUT2D eigenvalue weighted by atomic mass is 35.5. The monoisotopic (exact) mass is 265 g/mol. The van der Waals surface area contributed by atoms with Gasteiger partial charge >= 0.3 is 0 Å². The molecule has 0 bridgehead atoms. The van der Waals surface area contributed by atoms with Crippen LogP contribution in [0.2, 0.25) is 5.02 Å². The summed E-state index contributed by atoms with van der Waals surface area (Å²) < 4.78 is 11.2. The number of methoxy groups -OCH3 is 1. The molecule has 4 heteroatoms. The van der Waals surface area contributed by atoms with E-state index in [1.807, 2.05) is 6.07 Å². The molecule has 1 aromatic carbocycles. The summed E-state index contributed by atoms with van der Waals surface area (Å²) in [6.07, 6.45) is 4.35. The Morgan fingerprint density at radius 1 is 1.44 bits per heavy atom. The van der Waals surface area contributed by atoms with Gasteiger partial charge in [-0.25, -0.2) is 0 Å². The summed E-state index contributed by atoms with van der Waals surface area (Å²) in [6.45, 7) is 0.607. The average molecular weight is 266 g/mol. The molecular formula is C14H16ClNO2. The summed E-state index contributed by atoms with van der Waals surface area (Å²) >= 11 is 5.94. The molecule has 18 heavy (non-hydrogen) atoms. The van der Waals surface area contributed by atoms with Gasteiger partial charge in [0.2, 0.25) is 0 Å². The normalized spacial score (nSPS) is 16.7. The van der Waals surface area contributed by atoms with Crippen molar-refractivity contribution in [3.8, 4) is 11.8 Å². The van der Waals surface area contributed by atoms with Crippen molar-refractivity contribution >= 4 is 11.6 Å². The van der Waals surface area contributed by atoms with Crippen LogP contribution in [0.4, 0.5) is 0 Å². The first-order valence-corrected chi connectivity index (χ1v) is 6.44. The van der Waals surface area contributed by atoms with E-state index in [0.717, 1.165) is 19.3 Å². The quantitative estimate of drug-likeness (QED) is 0.818. The Balaban J connectivity index is 1.87. The lowest BCUT2D eigenvalue weighted by molar-refractivity contribution is -0.0835. The van der Waals surface area contributed by atoms with E-state index in [1.54, 1.807) is 25.3 Å². The van der Waals surface area contributed by atoms with Crippen molar-refractivity contribution in [3.63, 3.8) is 0 Å². The highest BCUT2D eigenvalue weighted by Crippen LogP contribution is 2.38. The third kappa shape index (κ3) is 2.77. The number of nitriles is 1. The fourth-order valence-electron chi connectivity index (χ4n) is 2.16. The lowest BCUT2D eigenvalue weighted by atomic mass is 9.78. The van der Waals surface area contributed by atoms with E-state index < -0.39 is 0 Å². The van der Waals surface area contributed by atoms with Crippen LogP contribution in [-0.2, 0) is 4.74 Å². The predicted octanol–water partition coefficient (Wildman–Crippen LogP) is 3.55. The zero-order chi connectivity index (χ0) is 13.0. The van der Waals surface area contributed by atoms with Gasteiger partial charge in [-0.2, -0.15) is 5.26 Å². The Morgan fingerprint density at radius 2 is 2.22 bits per heavy atom. The lowest BCUT2D eigenvalue weighted by Crippen LogP contribution is -2.40. The number of ether oxygens (including phenoxy) is 2. The molecule has 3 nitrogen and oxygen atoms in total. The van der Waals surface area contributed by atoms with Gasteiger partial charge in [0.15, 0.2) is 0 Å². The maximum Gasteiger partial charge on any atom is 0.120 e. The Hall–Kier alpha value is -1.24. The Kier molecular flexibility index (Phi) is 4.11. The maximum atomic E-state index is 8.77. The van der Waals surface area contributed by atoms with Crippen LogP contribution in [0.3, 0.4) is 0 Å². The topological polar surface area (TPSA) is 42.2 Å². The van der Waals surface area contributed by atoms with Crippen molar-refractivity contribution in [2.24, 2.45) is 0 Å². The van der Waals surface area contributed by atoms with Crippen LogP contribution in [-0.4, -0.2) is 19.3 Å². The van der Waals surface area contributed by atoms with E-state index in [1.165, 1.54) is 6.42 Å². The van der Waals surface area contributed by atoms with Crippen LogP contribution in [0.25, 0.3) is 0 Å². The molecule has 0 amide bonds. The van der Waals surface area contributed by atoms with E-state index in [2.05, 4.69) is 0 Å². The second kappa shape index (κ2) is 5.60. The number of rotatable bonds is 5. The van der Waals surface area contributed by atoms with Crippen molar-refractivity contribution in [2.75, 3.05) is 13.7 Å². The van der Waals surface area contributed by atoms with Gasteiger partial charge in [-0.15, -0.1) is 0 Å². The molecule has 1 aliphatic carbocycles. The predicted molar refractivity (Wildman–Crippen MR) is 69.9 cm³/mol. The van der Waals surface area contributed by atoms with Gasteiger partial charge in [0.05, 0.1) is 22.8 Å². The first kappa shape index (κ1) is 13.2. The summed E-state index contributed by atoms with van der Waals surface area (Å²) in [5, 5.41) is 9.20. The second-order valence-electron chi connectivity index (χ2n) is 4.59. The van der Waals surface area contributed by atoms with Gasteiger partial charge in [-0.1, -0.05) is 11.6 Å². The number of hydrogen-bond acceptors (Lipinski definition) is 3. The summed E-state index contributed by atoms with van der Waals surface area (Å²) in [6, 6.07) is 7.15. The number of hydrogen-bond donors (Lipinski definition) is 0. The molecule has 1 aromatic rings. The van der Waals surface area contributed by atoms with Gasteiger partial charge in [0.1, 0.15) is 11.8 Å². The average Bonchev–Trinajstić information content (AvgIpc) is 2.33. The molecule has 0 atom stereocenters. The fraction of sp³-hybridized carbons (Fsp3) is 0.500. The zero-order valence-electron chi connectivity index (χ0n) is 10.4. The van der Waals surface area contributed by atoms with Gasteiger partial charge in [0, 0.05) is 19.6 Å². The standard InChI is InChI=1S/C14H16ClNO2/c1-17-14(5-2-6-14)7-8-18-12-4-3-11(10-16)13(15)9-12/h3-4,9H,2,5-8H2,1H3. The third-order valence-corrected chi connectivity index (χ3v) is 3.90. The highest BCUT2D eigenvalue weighted by molar-refractivity contribution is 6.31. The summed E-state index contributed by atoms with van der Waals surface area (Å²) in [4.78, 5) is 0. The molecule has 0 unspecified atom stereocenters. The van der Waals surface area contributed by atoms with E-state index in [9.17, 15) is 0 Å². The van der Waals surface area contributed by atoms with Crippen molar-refractivity contribution in [2.45, 2.75) is 31.3 Å². The van der Waals surface area contributed by atoms with E-state index >= 15 is 0 Å². The van der Waals surface area contributed by atoms with Crippen molar-refractivity contribution in [3.05, 3.63) is 28.8 Å². The largest absolute Gasteiger partial charge is 0.493 e. The smallest absolute Gasteiger partial charge is 0.120 e. The highest BCUT2D eigenvalue weighted by Gasteiger charge is 2.36. The molecule has 0 heterocycles. The molecule has 2 rings (SSSR count). The molecule has 1 saturated carbocycles. The van der Waals surface area contributed by atoms with E-state index in [4.69, 9.17) is 26.3 Å². The molecule has 0 N–H and O–H groups in total. The first-order chi connectivity index (χ1) is 8.69. The SMILES string of the molecule is COC1(CCOc2ccc(C#N)c(Cl)c2)CCC1. The van der Waals surface area contributed by atoms with Crippen molar-refractivity contribution < 1.29 is 9.47 Å². The van der Waals surface area contributed by atoms with Crippen LogP contribution < -0.4 is 4.74 Å². The third-order valence-electron chi connectivity index (χ3n) is 3.59. The number of nitrogens with zero attached hydrogens (tertiary/aromatic N) is 1. The van der Waals surface area contributed by atoms with Gasteiger partial charge in [-0.3, -0.25) is 0 Å². The summed E-state index contributed by atoms with van der Waals surface area (Å²) in [7, 11) is 1.76. The van der Waals surface area contributed by atoms with Gasteiger partial charge in [-0.05, 0) is 31.4 Å². The molecule has 0 radical (unpaired) electrons. The molecule has 0 saturated heterocycles. The van der Waals surface area contributed by atoms with Crippen LogP contribution in [0, 0.1) is 11.3 Å². The lowest BCUT2D eigenvalue weighted by Gasteiger charge is -2.40. The van der Waals surface area contributed by atoms with Gasteiger partial charge in [0.25, 0.3) is 0 Å². The van der Waals surface area contributed by atoms with Crippen molar-refractivity contribution in [1.29, 1.82) is 5.26 Å². The second-order valence-corrected chi connectivity index (χ2v) is 5.00. The molecule has 1 fully saturated rings. The Bertz CT molecular complexity index is 458. The van der Waals surface area contributed by atoms with Gasteiger partial charge < -0.3 is 9.47 Å². The molecule has 1 aliphatic rings. The molecule has 0 aliphatic heterocycles. The number of benzene rings is 1. The van der Waals surface area contributed by atoms with Crippen LogP contribution in [0.5, 0.6) is 5.75 Å². The Labute approximate surface area is 112 Å². The molecular weight excluding hydrogens is 250 g/mol. The van der Waals surface area contributed by atoms with Crippen molar-refractivity contribution in [1.82, 2.24) is 0 Å². The summed E-state index contributed by atoms with van der Waals surface area (Å²) in [5.74, 6) is 0.699. The molecule has 0 aromatic heterocycles. The fourth-order valence-corrected chi connectivity index (χ4v) is 2.37. The minimum atomic E-state index is 0.0242. The minimum Gasteiger partial charge on any atom is -0.493 e. The zero-order valence-corrected chi connectivity index (χ0v) is 11.2. The molecule has 96 valence electrons. The van der Waals surface area contributed by atoms with Crippen LogP contribution >= 0.6 is 11.6 Å². The van der Waals surface area contributed by atoms with E-state index in [-0.39, 0.29) is 5.60 Å². The molecule has 0 spiro atoms. The minimum absolute atomic E-state index is 0.0242. The Morgan fingerprint density at radius 3 is 2.72 bits per heavy atom. The first-order valence-electron chi connectivity index (χ1n) is 6.07. The van der Waals surface area contributed by atoms with Crippen LogP contribution in [0.15, 0.2) is 18.2 Å². The summed E-state index contributed by atoms with van der Waals surface area (Å²) in [5.41, 5.74) is 0.493. The van der Waals surface area contributed by atoms with E-state index in [0.29, 0.717) is 22.9 Å². The number of halogens is 1. The maximum absolute atomic E-state index is 8.77. The van der Waals surface area contributed by atoms with Crippen LogP contribution in [0.1, 0.15) is 31.2 Å².